The van der Waals surface area contributed by atoms with Crippen LogP contribution in [0, 0.1) is 11.3 Å². The number of amides is 7. The number of hydrogen-bond acceptors (Lipinski definition) is 8. The van der Waals surface area contributed by atoms with Crippen molar-refractivity contribution in [2.24, 2.45) is 17.1 Å². The van der Waals surface area contributed by atoms with E-state index in [-0.39, 0.29) is 62.1 Å². The van der Waals surface area contributed by atoms with Gasteiger partial charge in [-0.25, -0.2) is 4.79 Å². The van der Waals surface area contributed by atoms with Gasteiger partial charge in [-0.05, 0) is 70.1 Å². The van der Waals surface area contributed by atoms with Crippen molar-refractivity contribution in [1.82, 2.24) is 20.9 Å². The molecule has 0 aromatic heterocycles. The van der Waals surface area contributed by atoms with Gasteiger partial charge in [0.25, 0.3) is 11.8 Å². The molecular formula is C33H48N6O8. The Morgan fingerprint density at radius 1 is 0.872 bits per heavy atom. The van der Waals surface area contributed by atoms with Gasteiger partial charge in [-0.1, -0.05) is 32.4 Å². The number of carbonyl (C=O) groups excluding carboxylic acids is 7. The number of imide groups is 1. The van der Waals surface area contributed by atoms with E-state index in [2.05, 4.69) is 21.3 Å². The zero-order valence-electron chi connectivity index (χ0n) is 27.9. The van der Waals surface area contributed by atoms with Crippen LogP contribution in [0.25, 0.3) is 0 Å². The fourth-order valence-electron chi connectivity index (χ4n) is 4.49. The predicted octanol–water partition coefficient (Wildman–Crippen LogP) is 2.27. The average Bonchev–Trinajstić information content (AvgIpc) is 3.32. The van der Waals surface area contributed by atoms with E-state index in [4.69, 9.17) is 10.5 Å². The molecule has 0 fully saturated rings. The number of benzene rings is 1. The molecule has 0 bridgehead atoms. The topological polar surface area (TPSA) is 206 Å². The van der Waals surface area contributed by atoms with Gasteiger partial charge in [0.15, 0.2) is 0 Å². The number of nitrogens with two attached hydrogens (primary N) is 1. The number of unbranched alkanes of at least 4 members (excludes halogenated alkanes) is 2. The number of hydrogen-bond donors (Lipinski definition) is 5. The molecule has 2 rings (SSSR count). The van der Waals surface area contributed by atoms with Gasteiger partial charge in [-0.3, -0.25) is 33.7 Å². The number of urea groups is 1. The number of primary amides is 1. The molecule has 1 aromatic rings. The van der Waals surface area contributed by atoms with Gasteiger partial charge >= 0.3 is 12.0 Å². The molecule has 7 amide bonds. The molecule has 0 spiro atoms. The monoisotopic (exact) mass is 656 g/mol. The van der Waals surface area contributed by atoms with Crippen LogP contribution < -0.4 is 27.0 Å². The predicted molar refractivity (Wildman–Crippen MR) is 174 cm³/mol. The van der Waals surface area contributed by atoms with Gasteiger partial charge in [-0.2, -0.15) is 0 Å². The molecule has 0 saturated carbocycles. The lowest BCUT2D eigenvalue weighted by atomic mass is 9.97. The minimum atomic E-state index is -0.992. The molecule has 0 radical (unpaired) electrons. The van der Waals surface area contributed by atoms with Crippen LogP contribution in [0.5, 0.6) is 0 Å². The summed E-state index contributed by atoms with van der Waals surface area (Å²) in [4.78, 5) is 86.9. The van der Waals surface area contributed by atoms with Crippen LogP contribution in [-0.2, 0) is 40.1 Å². The smallest absolute Gasteiger partial charge is 0.312 e. The molecular weight excluding hydrogens is 608 g/mol. The average molecular weight is 657 g/mol. The molecule has 1 aliphatic heterocycles. The Morgan fingerprint density at radius 3 is 2.09 bits per heavy atom. The Labute approximate surface area is 275 Å². The van der Waals surface area contributed by atoms with Crippen molar-refractivity contribution >= 4 is 47.2 Å². The van der Waals surface area contributed by atoms with E-state index >= 15 is 0 Å². The molecule has 1 heterocycles. The molecule has 1 aliphatic rings. The van der Waals surface area contributed by atoms with Gasteiger partial charge in [0.05, 0.1) is 5.41 Å². The first-order valence-corrected chi connectivity index (χ1v) is 15.8. The Kier molecular flexibility index (Phi) is 15.1. The quantitative estimate of drug-likeness (QED) is 0.0898. The molecule has 0 saturated heterocycles. The van der Waals surface area contributed by atoms with Crippen LogP contribution in [0.1, 0.15) is 78.7 Å². The first-order chi connectivity index (χ1) is 22.1. The Bertz CT molecular complexity index is 1300. The summed E-state index contributed by atoms with van der Waals surface area (Å²) in [5.41, 5.74) is 5.69. The summed E-state index contributed by atoms with van der Waals surface area (Å²) in [5.74, 6) is -2.69. The standard InChI is InChI=1S/C33H48N6O8/c1-21(2)28(38-25(40)11-7-6-8-19-39-26(41)16-17-27(39)42)30(44)37-24(10-9-18-35-32(34)46)29(43)36-23-14-12-22(13-15-23)20-47-31(45)33(3,4)5/h12-17,21,24,28H,6-11,18-20H2,1-5H3,(H,36,43)(H,37,44)(H,38,40)(H3,34,35,46)/t24-,28-/m1/s1. The van der Waals surface area contributed by atoms with Crippen LogP contribution in [0.2, 0.25) is 0 Å². The first-order valence-electron chi connectivity index (χ1n) is 15.8. The van der Waals surface area contributed by atoms with E-state index in [1.165, 1.54) is 12.2 Å². The largest absolute Gasteiger partial charge is 0.460 e. The van der Waals surface area contributed by atoms with Gasteiger partial charge in [0.2, 0.25) is 17.7 Å². The van der Waals surface area contributed by atoms with Crippen LogP contribution in [0.3, 0.4) is 0 Å². The third-order valence-corrected chi connectivity index (χ3v) is 7.26. The lowest BCUT2D eigenvalue weighted by molar-refractivity contribution is -0.154. The van der Waals surface area contributed by atoms with Crippen molar-refractivity contribution < 1.29 is 38.3 Å². The highest BCUT2D eigenvalue weighted by atomic mass is 16.5. The van der Waals surface area contributed by atoms with E-state index in [0.717, 1.165) is 10.5 Å². The summed E-state index contributed by atoms with van der Waals surface area (Å²) in [7, 11) is 0. The molecule has 0 aliphatic carbocycles. The van der Waals surface area contributed by atoms with E-state index < -0.39 is 35.3 Å². The van der Waals surface area contributed by atoms with Gasteiger partial charge < -0.3 is 31.7 Å². The number of ether oxygens (including phenoxy) is 1. The highest BCUT2D eigenvalue weighted by molar-refractivity contribution is 6.12. The summed E-state index contributed by atoms with van der Waals surface area (Å²) in [5, 5.41) is 10.7. The first kappa shape index (κ1) is 38.4. The molecule has 1 aromatic carbocycles. The number of nitrogens with one attached hydrogen (secondary N) is 4. The van der Waals surface area contributed by atoms with Crippen molar-refractivity contribution in [2.45, 2.75) is 91.8 Å². The second-order valence-corrected chi connectivity index (χ2v) is 12.8. The van der Waals surface area contributed by atoms with Crippen molar-refractivity contribution in [1.29, 1.82) is 0 Å². The normalized spacial score (nSPS) is 14.0. The van der Waals surface area contributed by atoms with Crippen molar-refractivity contribution in [3.8, 4) is 0 Å². The summed E-state index contributed by atoms with van der Waals surface area (Å²) in [6, 6.07) is 4.12. The number of carbonyl (C=O) groups is 7. The van der Waals surface area contributed by atoms with Gasteiger partial charge in [0, 0.05) is 37.3 Å². The maximum absolute atomic E-state index is 13.3. The fraction of sp³-hybridized carbons (Fsp3) is 0.545. The highest BCUT2D eigenvalue weighted by Crippen LogP contribution is 2.18. The lowest BCUT2D eigenvalue weighted by Crippen LogP contribution is -2.54. The number of rotatable bonds is 18. The molecule has 14 heteroatoms. The fourth-order valence-corrected chi connectivity index (χ4v) is 4.49. The summed E-state index contributed by atoms with van der Waals surface area (Å²) in [6.45, 7) is 9.38. The van der Waals surface area contributed by atoms with E-state index in [9.17, 15) is 33.6 Å². The third-order valence-electron chi connectivity index (χ3n) is 7.26. The minimum Gasteiger partial charge on any atom is -0.460 e. The van der Waals surface area contributed by atoms with E-state index in [1.807, 2.05) is 0 Å². The molecule has 258 valence electrons. The van der Waals surface area contributed by atoms with E-state index in [1.54, 1.807) is 58.9 Å². The molecule has 47 heavy (non-hydrogen) atoms. The molecule has 14 nitrogen and oxygen atoms in total. The second kappa shape index (κ2) is 18.4. The zero-order chi connectivity index (χ0) is 35.1. The van der Waals surface area contributed by atoms with Crippen molar-refractivity contribution in [3.05, 3.63) is 42.0 Å². The minimum absolute atomic E-state index is 0.0799. The lowest BCUT2D eigenvalue weighted by Gasteiger charge is -2.25. The van der Waals surface area contributed by atoms with Gasteiger partial charge in [-0.15, -0.1) is 0 Å². The maximum Gasteiger partial charge on any atom is 0.312 e. The van der Waals surface area contributed by atoms with Crippen LogP contribution in [0.15, 0.2) is 36.4 Å². The number of esters is 1. The van der Waals surface area contributed by atoms with Gasteiger partial charge in [0.1, 0.15) is 18.7 Å². The van der Waals surface area contributed by atoms with Crippen molar-refractivity contribution in [2.75, 3.05) is 18.4 Å². The molecule has 2 atom stereocenters. The maximum atomic E-state index is 13.3. The number of anilines is 1. The summed E-state index contributed by atoms with van der Waals surface area (Å²) >= 11 is 0. The SMILES string of the molecule is CC(C)[C@@H](NC(=O)CCCCCN1C(=O)C=CC1=O)C(=O)N[C@H](CCCNC(N)=O)C(=O)Nc1ccc(COC(=O)C(C)(C)C)cc1. The highest BCUT2D eigenvalue weighted by Gasteiger charge is 2.29. The summed E-state index contributed by atoms with van der Waals surface area (Å²) in [6.07, 6.45) is 4.77. The Hall–Kier alpha value is -4.75. The molecule has 6 N–H and O–H groups in total. The Balaban J connectivity index is 1.95. The van der Waals surface area contributed by atoms with Crippen molar-refractivity contribution in [3.63, 3.8) is 0 Å². The van der Waals surface area contributed by atoms with E-state index in [0.29, 0.717) is 31.4 Å². The van der Waals surface area contributed by atoms with Crippen LogP contribution >= 0.6 is 0 Å². The number of nitrogens with zero attached hydrogens (tertiary/aromatic N) is 1. The molecule has 0 unspecified atom stereocenters. The van der Waals surface area contributed by atoms with Crippen LogP contribution in [0.4, 0.5) is 10.5 Å². The van der Waals surface area contributed by atoms with Crippen LogP contribution in [-0.4, -0.2) is 71.6 Å². The summed E-state index contributed by atoms with van der Waals surface area (Å²) < 4.78 is 5.33. The zero-order valence-corrected chi connectivity index (χ0v) is 27.9. The Morgan fingerprint density at radius 2 is 1.51 bits per heavy atom. The third kappa shape index (κ3) is 13.6. The second-order valence-electron chi connectivity index (χ2n) is 12.8.